The summed E-state index contributed by atoms with van der Waals surface area (Å²) >= 11 is 0. The van der Waals surface area contributed by atoms with E-state index in [9.17, 15) is 14.4 Å². The third-order valence-corrected chi connectivity index (χ3v) is 4.91. The van der Waals surface area contributed by atoms with E-state index < -0.39 is 5.69 Å². The SMILES string of the molecule is CCn1c(=O)[nH]c2cc(C(=O)NCc3ccc4c(c3)CNC4)ccc2c1=O. The summed E-state index contributed by atoms with van der Waals surface area (Å²) in [6, 6.07) is 10.9. The molecule has 27 heavy (non-hydrogen) atoms. The first-order chi connectivity index (χ1) is 13.1. The number of hydrogen-bond acceptors (Lipinski definition) is 4. The molecule has 0 unspecified atom stereocenters. The largest absolute Gasteiger partial charge is 0.348 e. The maximum atomic E-state index is 12.5. The highest BCUT2D eigenvalue weighted by Gasteiger charge is 2.12. The molecule has 1 aliphatic rings. The molecule has 0 radical (unpaired) electrons. The third kappa shape index (κ3) is 3.17. The Balaban J connectivity index is 1.56. The zero-order valence-electron chi connectivity index (χ0n) is 15.0. The highest BCUT2D eigenvalue weighted by molar-refractivity contribution is 5.97. The van der Waals surface area contributed by atoms with E-state index in [1.807, 2.05) is 6.07 Å². The van der Waals surface area contributed by atoms with E-state index in [4.69, 9.17) is 0 Å². The zero-order chi connectivity index (χ0) is 19.0. The van der Waals surface area contributed by atoms with Gasteiger partial charge in [0.15, 0.2) is 0 Å². The Morgan fingerprint density at radius 1 is 1.11 bits per heavy atom. The van der Waals surface area contributed by atoms with Gasteiger partial charge >= 0.3 is 5.69 Å². The first kappa shape index (κ1) is 17.2. The van der Waals surface area contributed by atoms with E-state index in [0.717, 1.165) is 23.2 Å². The van der Waals surface area contributed by atoms with E-state index in [1.165, 1.54) is 11.1 Å². The first-order valence-electron chi connectivity index (χ1n) is 8.93. The Bertz CT molecular complexity index is 1160. The van der Waals surface area contributed by atoms with Crippen molar-refractivity contribution in [3.05, 3.63) is 79.5 Å². The lowest BCUT2D eigenvalue weighted by molar-refractivity contribution is 0.0951. The maximum Gasteiger partial charge on any atom is 0.328 e. The van der Waals surface area contributed by atoms with Crippen LogP contribution in [0, 0.1) is 0 Å². The number of rotatable bonds is 4. The van der Waals surface area contributed by atoms with Crippen molar-refractivity contribution in [3.8, 4) is 0 Å². The lowest BCUT2D eigenvalue weighted by Gasteiger charge is -2.08. The molecule has 1 aliphatic heterocycles. The molecule has 0 saturated carbocycles. The summed E-state index contributed by atoms with van der Waals surface area (Å²) in [5, 5.41) is 6.57. The Kier molecular flexibility index (Phi) is 4.37. The lowest BCUT2D eigenvalue weighted by atomic mass is 10.1. The van der Waals surface area contributed by atoms with Crippen LogP contribution >= 0.6 is 0 Å². The van der Waals surface area contributed by atoms with Crippen LogP contribution in [0.15, 0.2) is 46.0 Å². The second-order valence-corrected chi connectivity index (χ2v) is 6.63. The number of amides is 1. The second kappa shape index (κ2) is 6.85. The van der Waals surface area contributed by atoms with Crippen molar-refractivity contribution in [1.82, 2.24) is 20.2 Å². The van der Waals surface area contributed by atoms with Crippen LogP contribution in [0.1, 0.15) is 34.0 Å². The fraction of sp³-hybridized carbons (Fsp3) is 0.250. The van der Waals surface area contributed by atoms with Crippen molar-refractivity contribution in [2.24, 2.45) is 0 Å². The molecule has 1 aromatic heterocycles. The van der Waals surface area contributed by atoms with Crippen LogP contribution in [0.25, 0.3) is 10.9 Å². The Morgan fingerprint density at radius 2 is 1.93 bits per heavy atom. The van der Waals surface area contributed by atoms with Gasteiger partial charge in [-0.3, -0.25) is 14.2 Å². The molecule has 0 atom stereocenters. The molecule has 138 valence electrons. The summed E-state index contributed by atoms with van der Waals surface area (Å²) in [6.45, 7) is 4.18. The number of carbonyl (C=O) groups excluding carboxylic acids is 1. The van der Waals surface area contributed by atoms with E-state index in [1.54, 1.807) is 25.1 Å². The molecule has 7 heteroatoms. The van der Waals surface area contributed by atoms with Crippen LogP contribution in [0.5, 0.6) is 0 Å². The van der Waals surface area contributed by atoms with Gasteiger partial charge < -0.3 is 15.6 Å². The Labute approximate surface area is 155 Å². The molecule has 0 fully saturated rings. The molecule has 4 rings (SSSR count). The van der Waals surface area contributed by atoms with Crippen molar-refractivity contribution in [1.29, 1.82) is 0 Å². The fourth-order valence-corrected chi connectivity index (χ4v) is 3.43. The van der Waals surface area contributed by atoms with Crippen molar-refractivity contribution < 1.29 is 4.79 Å². The van der Waals surface area contributed by atoms with Gasteiger partial charge in [0.25, 0.3) is 11.5 Å². The molecular formula is C20H20N4O3. The van der Waals surface area contributed by atoms with E-state index in [2.05, 4.69) is 27.8 Å². The quantitative estimate of drug-likeness (QED) is 0.649. The molecule has 0 bridgehead atoms. The fourth-order valence-electron chi connectivity index (χ4n) is 3.43. The zero-order valence-corrected chi connectivity index (χ0v) is 15.0. The molecule has 3 N–H and O–H groups in total. The summed E-state index contributed by atoms with van der Waals surface area (Å²) in [4.78, 5) is 39.4. The number of H-pyrrole nitrogens is 1. The predicted octanol–water partition coefficient (Wildman–Crippen LogP) is 1.24. The van der Waals surface area contributed by atoms with E-state index >= 15 is 0 Å². The van der Waals surface area contributed by atoms with Crippen molar-refractivity contribution in [3.63, 3.8) is 0 Å². The second-order valence-electron chi connectivity index (χ2n) is 6.63. The number of aromatic amines is 1. The number of carbonyl (C=O) groups is 1. The topological polar surface area (TPSA) is 96.0 Å². The first-order valence-corrected chi connectivity index (χ1v) is 8.93. The standard InChI is InChI=1S/C20H20N4O3/c1-2-24-19(26)16-6-5-13(8-17(16)23-20(24)27)18(25)22-9-12-3-4-14-10-21-11-15(14)7-12/h3-8,21H,2,9-11H2,1H3,(H,22,25)(H,23,27). The van der Waals surface area contributed by atoms with Gasteiger partial charge in [-0.2, -0.15) is 0 Å². The minimum absolute atomic E-state index is 0.254. The van der Waals surface area contributed by atoms with Crippen LogP contribution in [0.3, 0.4) is 0 Å². The third-order valence-electron chi connectivity index (χ3n) is 4.91. The molecule has 1 amide bonds. The minimum atomic E-state index is -0.473. The number of hydrogen-bond donors (Lipinski definition) is 3. The average molecular weight is 364 g/mol. The predicted molar refractivity (Wildman–Crippen MR) is 103 cm³/mol. The van der Waals surface area contributed by atoms with Gasteiger partial charge in [0.2, 0.25) is 0 Å². The normalized spacial score (nSPS) is 12.9. The molecule has 0 aliphatic carbocycles. The number of nitrogens with one attached hydrogen (secondary N) is 3. The molecule has 3 aromatic rings. The molecular weight excluding hydrogens is 344 g/mol. The van der Waals surface area contributed by atoms with Crippen LogP contribution in [0.2, 0.25) is 0 Å². The average Bonchev–Trinajstić information content (AvgIpc) is 3.13. The molecule has 7 nitrogen and oxygen atoms in total. The van der Waals surface area contributed by atoms with Gasteiger partial charge in [-0.1, -0.05) is 18.2 Å². The number of benzene rings is 2. The minimum Gasteiger partial charge on any atom is -0.348 e. The molecule has 0 saturated heterocycles. The van der Waals surface area contributed by atoms with Gasteiger partial charge in [-0.25, -0.2) is 4.79 Å². The summed E-state index contributed by atoms with van der Waals surface area (Å²) in [5.74, 6) is -0.254. The van der Waals surface area contributed by atoms with E-state index in [0.29, 0.717) is 29.6 Å². The van der Waals surface area contributed by atoms with Gasteiger partial charge in [-0.15, -0.1) is 0 Å². The number of fused-ring (bicyclic) bond motifs is 2. The van der Waals surface area contributed by atoms with Gasteiger partial charge in [0.05, 0.1) is 10.9 Å². The van der Waals surface area contributed by atoms with E-state index in [-0.39, 0.29) is 11.5 Å². The summed E-state index contributed by atoms with van der Waals surface area (Å²) < 4.78 is 1.13. The van der Waals surface area contributed by atoms with Crippen LogP contribution in [-0.2, 0) is 26.2 Å². The molecule has 0 spiro atoms. The van der Waals surface area contributed by atoms with Crippen molar-refractivity contribution >= 4 is 16.8 Å². The number of nitrogens with zero attached hydrogens (tertiary/aromatic N) is 1. The van der Waals surface area contributed by atoms with Crippen molar-refractivity contribution in [2.75, 3.05) is 0 Å². The highest BCUT2D eigenvalue weighted by atomic mass is 16.2. The highest BCUT2D eigenvalue weighted by Crippen LogP contribution is 2.17. The van der Waals surface area contributed by atoms with Crippen LogP contribution in [-0.4, -0.2) is 15.5 Å². The monoisotopic (exact) mass is 364 g/mol. The number of aromatic nitrogens is 2. The Morgan fingerprint density at radius 3 is 2.74 bits per heavy atom. The summed E-state index contributed by atoms with van der Waals surface area (Å²) in [6.07, 6.45) is 0. The maximum absolute atomic E-state index is 12.5. The van der Waals surface area contributed by atoms with Gasteiger partial charge in [-0.05, 0) is 41.8 Å². The van der Waals surface area contributed by atoms with Gasteiger partial charge in [0, 0.05) is 31.7 Å². The smallest absolute Gasteiger partial charge is 0.328 e. The summed E-state index contributed by atoms with van der Waals surface area (Å²) in [7, 11) is 0. The van der Waals surface area contributed by atoms with Crippen LogP contribution < -0.4 is 21.9 Å². The van der Waals surface area contributed by atoms with Crippen molar-refractivity contribution in [2.45, 2.75) is 33.1 Å². The lowest BCUT2D eigenvalue weighted by Crippen LogP contribution is -2.34. The molecule has 2 aromatic carbocycles. The Hall–Kier alpha value is -3.19. The van der Waals surface area contributed by atoms with Gasteiger partial charge in [0.1, 0.15) is 0 Å². The summed E-state index contributed by atoms with van der Waals surface area (Å²) in [5.41, 5.74) is 3.53. The van der Waals surface area contributed by atoms with Crippen LogP contribution in [0.4, 0.5) is 0 Å². The molecule has 2 heterocycles.